The number of rotatable bonds is 7. The van der Waals surface area contributed by atoms with Crippen LogP contribution >= 0.6 is 0 Å². The summed E-state index contributed by atoms with van der Waals surface area (Å²) >= 11 is 0. The number of hydrogen-bond donors (Lipinski definition) is 2. The highest BCUT2D eigenvalue weighted by Crippen LogP contribution is 2.41. The van der Waals surface area contributed by atoms with Gasteiger partial charge in [-0.15, -0.1) is 0 Å². The molecule has 2 N–H and O–H groups in total. The third-order valence-corrected chi connectivity index (χ3v) is 7.13. The number of likely N-dealkylation sites (N-methyl/N-ethyl adjacent to an activating group) is 1. The first-order valence-electron chi connectivity index (χ1n) is 12.0. The summed E-state index contributed by atoms with van der Waals surface area (Å²) in [7, 11) is 2.13. The molecule has 34 heavy (non-hydrogen) atoms. The normalized spacial score (nSPS) is 20.1. The van der Waals surface area contributed by atoms with Crippen LogP contribution in [-0.2, 0) is 14.9 Å². The molecule has 0 bridgehead atoms. The highest BCUT2D eigenvalue weighted by Gasteiger charge is 2.42. The fourth-order valence-corrected chi connectivity index (χ4v) is 5.06. The van der Waals surface area contributed by atoms with Crippen LogP contribution in [0, 0.1) is 6.92 Å². The van der Waals surface area contributed by atoms with Gasteiger partial charge >= 0.3 is 0 Å². The summed E-state index contributed by atoms with van der Waals surface area (Å²) in [6.45, 7) is 6.92. The van der Waals surface area contributed by atoms with Crippen LogP contribution in [0.1, 0.15) is 42.4 Å². The molecule has 0 aliphatic carbocycles. The van der Waals surface area contributed by atoms with E-state index in [1.165, 1.54) is 11.6 Å². The largest absolute Gasteiger partial charge is 0.502 e. The van der Waals surface area contributed by atoms with E-state index in [2.05, 4.69) is 34.3 Å². The minimum atomic E-state index is -0.770. The van der Waals surface area contributed by atoms with Crippen molar-refractivity contribution in [2.24, 2.45) is 0 Å². The van der Waals surface area contributed by atoms with Gasteiger partial charge in [0.05, 0.1) is 6.04 Å². The molecule has 1 unspecified atom stereocenters. The van der Waals surface area contributed by atoms with Gasteiger partial charge in [0.15, 0.2) is 5.76 Å². The number of aromatic hydroxyl groups is 1. The lowest BCUT2D eigenvalue weighted by molar-refractivity contribution is -0.124. The number of piperazine rings is 1. The first kappa shape index (κ1) is 24.4. The minimum absolute atomic E-state index is 0.0785. The van der Waals surface area contributed by atoms with Crippen molar-refractivity contribution in [1.29, 1.82) is 0 Å². The Balaban J connectivity index is 1.51. The third-order valence-electron chi connectivity index (χ3n) is 7.13. The second-order valence-corrected chi connectivity index (χ2v) is 9.54. The van der Waals surface area contributed by atoms with Crippen molar-refractivity contribution in [2.45, 2.75) is 37.6 Å². The second kappa shape index (κ2) is 10.7. The van der Waals surface area contributed by atoms with Crippen LogP contribution in [0.25, 0.3) is 0 Å². The Bertz CT molecular complexity index is 1020. The van der Waals surface area contributed by atoms with Crippen molar-refractivity contribution in [1.82, 2.24) is 15.1 Å². The standard InChI is InChI=1S/C26H35N3O5/c1-19-16-22(30)24(32)25(34-19)26(8-14-33-15-9-26)17-23(31)27-18-21(20-6-4-3-5-7-20)29-12-10-28(2)11-13-29/h3-7,16,21,32H,8-15,17-18H2,1-2H3,(H,27,31). The SMILES string of the molecule is Cc1cc(=O)c(O)c(C2(CC(=O)NCC(c3ccccc3)N3CCN(C)CC3)CCOCC2)o1. The van der Waals surface area contributed by atoms with Crippen LogP contribution in [-0.4, -0.2) is 73.8 Å². The van der Waals surface area contributed by atoms with E-state index in [1.807, 2.05) is 18.2 Å². The molecule has 0 radical (unpaired) electrons. The molecule has 1 aromatic carbocycles. The maximum absolute atomic E-state index is 13.3. The molecule has 1 atom stereocenters. The van der Waals surface area contributed by atoms with E-state index in [1.54, 1.807) is 6.92 Å². The lowest BCUT2D eigenvalue weighted by Crippen LogP contribution is -2.49. The number of nitrogens with zero attached hydrogens (tertiary/aromatic N) is 2. The summed E-state index contributed by atoms with van der Waals surface area (Å²) in [5.41, 5.74) is -0.0760. The smallest absolute Gasteiger partial charge is 0.227 e. The number of nitrogens with one attached hydrogen (secondary N) is 1. The van der Waals surface area contributed by atoms with Gasteiger partial charge in [-0.2, -0.15) is 0 Å². The Morgan fingerprint density at radius 3 is 2.50 bits per heavy atom. The molecule has 2 fully saturated rings. The summed E-state index contributed by atoms with van der Waals surface area (Å²) in [4.78, 5) is 30.2. The molecular weight excluding hydrogens is 434 g/mol. The van der Waals surface area contributed by atoms with Crippen molar-refractivity contribution in [3.05, 3.63) is 63.7 Å². The topological polar surface area (TPSA) is 95.2 Å². The fourth-order valence-electron chi connectivity index (χ4n) is 5.06. The van der Waals surface area contributed by atoms with E-state index < -0.39 is 16.6 Å². The summed E-state index contributed by atoms with van der Waals surface area (Å²) < 4.78 is 11.4. The highest BCUT2D eigenvalue weighted by molar-refractivity contribution is 5.77. The summed E-state index contributed by atoms with van der Waals surface area (Å²) in [5.74, 6) is 0.0957. The molecule has 1 amide bonds. The van der Waals surface area contributed by atoms with Gasteiger partial charge in [0.2, 0.25) is 17.1 Å². The van der Waals surface area contributed by atoms with Crippen LogP contribution in [0.4, 0.5) is 0 Å². The lowest BCUT2D eigenvalue weighted by Gasteiger charge is -2.39. The van der Waals surface area contributed by atoms with Crippen LogP contribution in [0.2, 0.25) is 0 Å². The second-order valence-electron chi connectivity index (χ2n) is 9.54. The maximum atomic E-state index is 13.3. The van der Waals surface area contributed by atoms with E-state index in [0.717, 1.165) is 26.2 Å². The zero-order valence-electron chi connectivity index (χ0n) is 20.1. The van der Waals surface area contributed by atoms with E-state index in [0.29, 0.717) is 38.4 Å². The average molecular weight is 470 g/mol. The Kier molecular flexibility index (Phi) is 7.70. The summed E-state index contributed by atoms with van der Waals surface area (Å²) in [6.07, 6.45) is 1.13. The van der Waals surface area contributed by atoms with E-state index in [-0.39, 0.29) is 24.1 Å². The van der Waals surface area contributed by atoms with Crippen LogP contribution in [0.3, 0.4) is 0 Å². The Morgan fingerprint density at radius 2 is 1.82 bits per heavy atom. The van der Waals surface area contributed by atoms with Gasteiger partial charge in [0.1, 0.15) is 5.76 Å². The molecule has 4 rings (SSSR count). The molecule has 8 heteroatoms. The van der Waals surface area contributed by atoms with Gasteiger partial charge in [-0.05, 0) is 32.4 Å². The van der Waals surface area contributed by atoms with Crippen molar-refractivity contribution < 1.29 is 19.1 Å². The van der Waals surface area contributed by atoms with Gasteiger partial charge in [0.25, 0.3) is 0 Å². The van der Waals surface area contributed by atoms with E-state index in [9.17, 15) is 14.7 Å². The van der Waals surface area contributed by atoms with Crippen molar-refractivity contribution in [3.8, 4) is 5.75 Å². The van der Waals surface area contributed by atoms with Gasteiger partial charge in [-0.3, -0.25) is 14.5 Å². The molecule has 0 spiro atoms. The van der Waals surface area contributed by atoms with Gasteiger partial charge < -0.3 is 24.5 Å². The first-order chi connectivity index (χ1) is 16.4. The quantitative estimate of drug-likeness (QED) is 0.642. The number of hydrogen-bond acceptors (Lipinski definition) is 7. The van der Waals surface area contributed by atoms with Crippen LogP contribution in [0.5, 0.6) is 5.75 Å². The maximum Gasteiger partial charge on any atom is 0.227 e. The predicted octanol–water partition coefficient (Wildman–Crippen LogP) is 2.20. The van der Waals surface area contributed by atoms with Crippen molar-refractivity contribution in [3.63, 3.8) is 0 Å². The number of aryl methyl sites for hydroxylation is 1. The molecule has 2 aliphatic heterocycles. The van der Waals surface area contributed by atoms with Gasteiger partial charge in [-0.1, -0.05) is 30.3 Å². The first-order valence-corrected chi connectivity index (χ1v) is 12.0. The number of carbonyl (C=O) groups excluding carboxylic acids is 1. The van der Waals surface area contributed by atoms with Crippen molar-refractivity contribution in [2.75, 3.05) is 53.0 Å². The van der Waals surface area contributed by atoms with Gasteiger partial charge in [0, 0.05) is 63.8 Å². The van der Waals surface area contributed by atoms with Gasteiger partial charge in [-0.25, -0.2) is 0 Å². The Hall–Kier alpha value is -2.68. The number of carbonyl (C=O) groups is 1. The molecule has 184 valence electrons. The molecule has 0 saturated carbocycles. The zero-order chi connectivity index (χ0) is 24.1. The van der Waals surface area contributed by atoms with Crippen LogP contribution in [0.15, 0.2) is 45.6 Å². The minimum Gasteiger partial charge on any atom is -0.502 e. The number of ether oxygens (including phenoxy) is 1. The highest BCUT2D eigenvalue weighted by atomic mass is 16.5. The summed E-state index contributed by atoms with van der Waals surface area (Å²) in [6, 6.07) is 11.6. The monoisotopic (exact) mass is 469 g/mol. The Labute approximate surface area is 200 Å². The Morgan fingerprint density at radius 1 is 1.15 bits per heavy atom. The fraction of sp³-hybridized carbons (Fsp3) is 0.538. The number of benzene rings is 1. The molecular formula is C26H35N3O5. The molecule has 2 aliphatic rings. The molecule has 8 nitrogen and oxygen atoms in total. The molecule has 3 heterocycles. The predicted molar refractivity (Wildman–Crippen MR) is 129 cm³/mol. The molecule has 1 aromatic heterocycles. The van der Waals surface area contributed by atoms with Crippen LogP contribution < -0.4 is 10.7 Å². The summed E-state index contributed by atoms with van der Waals surface area (Å²) in [5, 5.41) is 13.7. The molecule has 2 aromatic rings. The average Bonchev–Trinajstić information content (AvgIpc) is 2.84. The van der Waals surface area contributed by atoms with Crippen molar-refractivity contribution >= 4 is 5.91 Å². The van der Waals surface area contributed by atoms with E-state index in [4.69, 9.17) is 9.15 Å². The van der Waals surface area contributed by atoms with E-state index >= 15 is 0 Å². The zero-order valence-corrected chi connectivity index (χ0v) is 20.1. The third kappa shape index (κ3) is 5.51. The lowest BCUT2D eigenvalue weighted by atomic mass is 9.74. The molecule has 2 saturated heterocycles. The number of amides is 1.